The fourth-order valence-corrected chi connectivity index (χ4v) is 2.59. The topological polar surface area (TPSA) is 50.9 Å². The molecule has 0 bridgehead atoms. The Kier molecular flexibility index (Phi) is 4.69. The molecule has 0 fully saturated rings. The molecule has 0 aliphatic heterocycles. The Bertz CT molecular complexity index is 770. The van der Waals surface area contributed by atoms with Crippen molar-refractivity contribution in [2.75, 3.05) is 0 Å². The van der Waals surface area contributed by atoms with Crippen LogP contribution in [-0.4, -0.2) is 19.6 Å². The molecular weight excluding hydrogens is 354 g/mol. The second-order valence-corrected chi connectivity index (χ2v) is 6.20. The SMILES string of the molecule is O[C@@](/C=C/c1ccc(Br)cc1)(Cn1ccnc1)c1cccnc1. The monoisotopic (exact) mass is 369 g/mol. The van der Waals surface area contributed by atoms with Crippen LogP contribution < -0.4 is 0 Å². The minimum Gasteiger partial charge on any atom is -0.379 e. The number of pyridine rings is 1. The number of rotatable bonds is 5. The lowest BCUT2D eigenvalue weighted by Crippen LogP contribution is -2.28. The third kappa shape index (κ3) is 3.94. The van der Waals surface area contributed by atoms with E-state index >= 15 is 0 Å². The number of imidazole rings is 1. The Balaban J connectivity index is 1.93. The molecule has 0 spiro atoms. The molecule has 5 heteroatoms. The highest BCUT2D eigenvalue weighted by molar-refractivity contribution is 9.10. The highest BCUT2D eigenvalue weighted by Crippen LogP contribution is 2.26. The van der Waals surface area contributed by atoms with Crippen LogP contribution in [0.3, 0.4) is 0 Å². The first-order valence-corrected chi connectivity index (χ1v) is 7.98. The molecule has 116 valence electrons. The highest BCUT2D eigenvalue weighted by Gasteiger charge is 2.27. The van der Waals surface area contributed by atoms with Gasteiger partial charge in [-0.15, -0.1) is 0 Å². The van der Waals surface area contributed by atoms with E-state index in [4.69, 9.17) is 0 Å². The smallest absolute Gasteiger partial charge is 0.127 e. The van der Waals surface area contributed by atoms with Crippen molar-refractivity contribution < 1.29 is 5.11 Å². The first-order valence-electron chi connectivity index (χ1n) is 7.19. The molecule has 0 saturated carbocycles. The molecule has 4 nitrogen and oxygen atoms in total. The Hall–Kier alpha value is -2.24. The second kappa shape index (κ2) is 6.89. The summed E-state index contributed by atoms with van der Waals surface area (Å²) in [5.41, 5.74) is 0.588. The molecule has 0 aliphatic carbocycles. The van der Waals surface area contributed by atoms with Crippen LogP contribution >= 0.6 is 15.9 Å². The van der Waals surface area contributed by atoms with E-state index in [1.54, 1.807) is 31.0 Å². The average molecular weight is 370 g/mol. The van der Waals surface area contributed by atoms with Gasteiger partial charge >= 0.3 is 0 Å². The van der Waals surface area contributed by atoms with Crippen LogP contribution in [0.2, 0.25) is 0 Å². The molecular formula is C18H16BrN3O. The van der Waals surface area contributed by atoms with E-state index in [2.05, 4.69) is 25.9 Å². The summed E-state index contributed by atoms with van der Waals surface area (Å²) in [6.45, 7) is 0.367. The van der Waals surface area contributed by atoms with Crippen LogP contribution in [0.25, 0.3) is 6.08 Å². The van der Waals surface area contributed by atoms with Gasteiger partial charge in [0.15, 0.2) is 0 Å². The number of aromatic nitrogens is 3. The van der Waals surface area contributed by atoms with Crippen molar-refractivity contribution in [2.45, 2.75) is 12.1 Å². The van der Waals surface area contributed by atoms with Gasteiger partial charge in [-0.1, -0.05) is 40.2 Å². The minimum absolute atomic E-state index is 0.367. The van der Waals surface area contributed by atoms with Gasteiger partial charge in [0.2, 0.25) is 0 Å². The highest BCUT2D eigenvalue weighted by atomic mass is 79.9. The molecule has 23 heavy (non-hydrogen) atoms. The maximum absolute atomic E-state index is 11.2. The minimum atomic E-state index is -1.16. The van der Waals surface area contributed by atoms with E-state index in [1.807, 2.05) is 53.2 Å². The summed E-state index contributed by atoms with van der Waals surface area (Å²) in [5.74, 6) is 0. The van der Waals surface area contributed by atoms with Crippen molar-refractivity contribution in [3.05, 3.63) is 89.2 Å². The first kappa shape index (κ1) is 15.6. The van der Waals surface area contributed by atoms with Gasteiger partial charge in [-0.05, 0) is 29.8 Å². The molecule has 0 amide bonds. The average Bonchev–Trinajstić information content (AvgIpc) is 3.08. The van der Waals surface area contributed by atoms with Gasteiger partial charge in [-0.2, -0.15) is 0 Å². The molecule has 3 rings (SSSR count). The third-order valence-corrected chi connectivity index (χ3v) is 4.09. The molecule has 0 radical (unpaired) electrons. The zero-order valence-electron chi connectivity index (χ0n) is 12.4. The van der Waals surface area contributed by atoms with Gasteiger partial charge in [0.05, 0.1) is 12.9 Å². The molecule has 3 aromatic rings. The van der Waals surface area contributed by atoms with Crippen LogP contribution in [0.4, 0.5) is 0 Å². The number of benzene rings is 1. The van der Waals surface area contributed by atoms with Gasteiger partial charge in [-0.25, -0.2) is 4.98 Å². The van der Waals surface area contributed by atoms with E-state index in [0.29, 0.717) is 6.54 Å². The van der Waals surface area contributed by atoms with Crippen molar-refractivity contribution in [1.29, 1.82) is 0 Å². The van der Waals surface area contributed by atoms with E-state index in [0.717, 1.165) is 15.6 Å². The molecule has 1 aromatic carbocycles. The number of hydrogen-bond donors (Lipinski definition) is 1. The number of hydrogen-bond acceptors (Lipinski definition) is 3. The molecule has 1 N–H and O–H groups in total. The van der Waals surface area contributed by atoms with Crippen LogP contribution in [0.1, 0.15) is 11.1 Å². The fourth-order valence-electron chi connectivity index (χ4n) is 2.33. The lowest BCUT2D eigenvalue weighted by Gasteiger charge is -2.25. The maximum Gasteiger partial charge on any atom is 0.127 e. The van der Waals surface area contributed by atoms with Gasteiger partial charge < -0.3 is 9.67 Å². The zero-order chi connectivity index (χ0) is 16.1. The summed E-state index contributed by atoms with van der Waals surface area (Å²) in [6, 6.07) is 11.6. The second-order valence-electron chi connectivity index (χ2n) is 5.29. The van der Waals surface area contributed by atoms with Crippen LogP contribution in [-0.2, 0) is 12.1 Å². The normalized spacial score (nSPS) is 14.0. The zero-order valence-corrected chi connectivity index (χ0v) is 14.0. The van der Waals surface area contributed by atoms with Crippen molar-refractivity contribution >= 4 is 22.0 Å². The predicted molar refractivity (Wildman–Crippen MR) is 93.5 cm³/mol. The molecule has 0 saturated heterocycles. The Morgan fingerprint density at radius 3 is 2.61 bits per heavy atom. The van der Waals surface area contributed by atoms with Gasteiger partial charge in [0.1, 0.15) is 5.60 Å². The summed E-state index contributed by atoms with van der Waals surface area (Å²) in [5, 5.41) is 11.2. The predicted octanol–water partition coefficient (Wildman–Crippen LogP) is 3.64. The molecule has 2 aromatic heterocycles. The van der Waals surface area contributed by atoms with E-state index < -0.39 is 5.60 Å². The van der Waals surface area contributed by atoms with Gasteiger partial charge in [-0.3, -0.25) is 4.98 Å². The Labute approximate surface area is 143 Å². The molecule has 1 atom stereocenters. The van der Waals surface area contributed by atoms with Crippen molar-refractivity contribution in [1.82, 2.24) is 14.5 Å². The standard InChI is InChI=1S/C18H16BrN3O/c19-17-5-3-15(4-6-17)7-8-18(23,13-22-11-10-21-14-22)16-2-1-9-20-12-16/h1-12,14,23H,13H2/b8-7+/t18-/m0/s1. The fraction of sp³-hybridized carbons (Fsp3) is 0.111. The van der Waals surface area contributed by atoms with Crippen molar-refractivity contribution in [3.8, 4) is 0 Å². The Morgan fingerprint density at radius 2 is 1.96 bits per heavy atom. The van der Waals surface area contributed by atoms with E-state index in [9.17, 15) is 5.11 Å². The first-order chi connectivity index (χ1) is 11.2. The molecule has 0 unspecified atom stereocenters. The summed E-state index contributed by atoms with van der Waals surface area (Å²) in [4.78, 5) is 8.16. The lowest BCUT2D eigenvalue weighted by molar-refractivity contribution is 0.0701. The Morgan fingerprint density at radius 1 is 1.13 bits per heavy atom. The van der Waals surface area contributed by atoms with Gasteiger partial charge in [0, 0.05) is 34.8 Å². The van der Waals surface area contributed by atoms with Crippen LogP contribution in [0.15, 0.2) is 78.1 Å². The summed E-state index contributed by atoms with van der Waals surface area (Å²) >= 11 is 3.42. The van der Waals surface area contributed by atoms with E-state index in [1.165, 1.54) is 0 Å². The molecule has 2 heterocycles. The van der Waals surface area contributed by atoms with Crippen molar-refractivity contribution in [2.24, 2.45) is 0 Å². The maximum atomic E-state index is 11.2. The number of halogens is 1. The van der Waals surface area contributed by atoms with E-state index in [-0.39, 0.29) is 0 Å². The summed E-state index contributed by atoms with van der Waals surface area (Å²) in [6.07, 6.45) is 12.3. The largest absolute Gasteiger partial charge is 0.379 e. The molecule has 0 aliphatic rings. The van der Waals surface area contributed by atoms with Gasteiger partial charge in [0.25, 0.3) is 0 Å². The summed E-state index contributed by atoms with van der Waals surface area (Å²) < 4.78 is 2.87. The van der Waals surface area contributed by atoms with Crippen LogP contribution in [0, 0.1) is 0 Å². The third-order valence-electron chi connectivity index (χ3n) is 3.57. The summed E-state index contributed by atoms with van der Waals surface area (Å²) in [7, 11) is 0. The quantitative estimate of drug-likeness (QED) is 0.746. The lowest BCUT2D eigenvalue weighted by atomic mass is 9.93. The number of nitrogens with zero attached hydrogens (tertiary/aromatic N) is 3. The van der Waals surface area contributed by atoms with Crippen molar-refractivity contribution in [3.63, 3.8) is 0 Å². The number of aliphatic hydroxyl groups is 1. The van der Waals surface area contributed by atoms with Crippen LogP contribution in [0.5, 0.6) is 0 Å².